The van der Waals surface area contributed by atoms with E-state index in [-0.39, 0.29) is 12.1 Å². The van der Waals surface area contributed by atoms with Gasteiger partial charge in [-0.1, -0.05) is 6.07 Å². The average Bonchev–Trinajstić information content (AvgIpc) is 3.19. The Labute approximate surface area is 135 Å². The van der Waals surface area contributed by atoms with Gasteiger partial charge in [0.05, 0.1) is 18.0 Å². The number of hydrogen-bond acceptors (Lipinski definition) is 4. The summed E-state index contributed by atoms with van der Waals surface area (Å²) < 4.78 is 7.33. The number of hydrogen-bond donors (Lipinski definition) is 1. The summed E-state index contributed by atoms with van der Waals surface area (Å²) in [4.78, 5) is 18.5. The van der Waals surface area contributed by atoms with E-state index in [2.05, 4.69) is 15.4 Å². The van der Waals surface area contributed by atoms with E-state index >= 15 is 0 Å². The molecule has 0 unspecified atom stereocenters. The molecule has 1 fully saturated rings. The molecule has 1 atom stereocenters. The number of anilines is 1. The van der Waals surface area contributed by atoms with Gasteiger partial charge in [-0.15, -0.1) is 0 Å². The molecule has 0 aromatic carbocycles. The SMILES string of the molecule is Cn1cc(NC(=O)N(Cc2cccnc2)C[C@H]2CCCO2)cn1. The van der Waals surface area contributed by atoms with Crippen LogP contribution in [0.25, 0.3) is 0 Å². The maximum atomic E-state index is 12.6. The number of pyridine rings is 1. The van der Waals surface area contributed by atoms with Crippen molar-refractivity contribution in [2.45, 2.75) is 25.5 Å². The Bertz CT molecular complexity index is 637. The lowest BCUT2D eigenvalue weighted by Crippen LogP contribution is -2.39. The summed E-state index contributed by atoms with van der Waals surface area (Å²) in [5.74, 6) is 0. The van der Waals surface area contributed by atoms with Gasteiger partial charge in [-0.25, -0.2) is 4.79 Å². The highest BCUT2D eigenvalue weighted by Crippen LogP contribution is 2.16. The Morgan fingerprint density at radius 2 is 2.43 bits per heavy atom. The maximum absolute atomic E-state index is 12.6. The highest BCUT2D eigenvalue weighted by molar-refractivity contribution is 5.89. The number of urea groups is 1. The minimum absolute atomic E-state index is 0.103. The van der Waals surface area contributed by atoms with Crippen LogP contribution in [0, 0.1) is 0 Å². The second-order valence-corrected chi connectivity index (χ2v) is 5.71. The molecule has 1 N–H and O–H groups in total. The molecule has 0 radical (unpaired) electrons. The van der Waals surface area contributed by atoms with Crippen molar-refractivity contribution in [3.8, 4) is 0 Å². The van der Waals surface area contributed by atoms with Crippen LogP contribution in [0.2, 0.25) is 0 Å². The summed E-state index contributed by atoms with van der Waals surface area (Å²) in [5.41, 5.74) is 1.67. The Morgan fingerprint density at radius 3 is 3.09 bits per heavy atom. The molecule has 2 amide bonds. The van der Waals surface area contributed by atoms with Gasteiger partial charge in [-0.2, -0.15) is 5.10 Å². The molecule has 122 valence electrons. The molecule has 0 bridgehead atoms. The molecule has 3 heterocycles. The zero-order valence-electron chi connectivity index (χ0n) is 13.2. The van der Waals surface area contributed by atoms with Crippen molar-refractivity contribution < 1.29 is 9.53 Å². The Balaban J connectivity index is 1.68. The lowest BCUT2D eigenvalue weighted by molar-refractivity contribution is 0.0819. The van der Waals surface area contributed by atoms with Gasteiger partial charge in [0.15, 0.2) is 0 Å². The molecule has 2 aromatic heterocycles. The Kier molecular flexibility index (Phi) is 4.87. The van der Waals surface area contributed by atoms with Crippen molar-refractivity contribution in [2.75, 3.05) is 18.5 Å². The number of nitrogens with one attached hydrogen (secondary N) is 1. The van der Waals surface area contributed by atoms with Crippen LogP contribution in [0.4, 0.5) is 10.5 Å². The number of rotatable bonds is 5. The largest absolute Gasteiger partial charge is 0.376 e. The quantitative estimate of drug-likeness (QED) is 0.916. The number of aromatic nitrogens is 3. The number of amides is 2. The van der Waals surface area contributed by atoms with Crippen molar-refractivity contribution in [2.24, 2.45) is 7.05 Å². The van der Waals surface area contributed by atoms with E-state index in [1.165, 1.54) is 0 Å². The fraction of sp³-hybridized carbons (Fsp3) is 0.438. The molecule has 0 spiro atoms. The highest BCUT2D eigenvalue weighted by Gasteiger charge is 2.23. The number of carbonyl (C=O) groups excluding carboxylic acids is 1. The van der Waals surface area contributed by atoms with Gasteiger partial charge >= 0.3 is 6.03 Å². The standard InChI is InChI=1S/C16H21N5O2/c1-20-11-14(9-18-20)19-16(22)21(12-15-5-3-7-23-15)10-13-4-2-6-17-8-13/h2,4,6,8-9,11,15H,3,5,7,10,12H2,1H3,(H,19,22)/t15-/m1/s1. The first-order valence-corrected chi connectivity index (χ1v) is 7.76. The summed E-state index contributed by atoms with van der Waals surface area (Å²) in [7, 11) is 1.81. The molecule has 1 aliphatic rings. The van der Waals surface area contributed by atoms with Crippen LogP contribution in [0.5, 0.6) is 0 Å². The minimum atomic E-state index is -0.155. The van der Waals surface area contributed by atoms with Gasteiger partial charge in [0.1, 0.15) is 0 Å². The van der Waals surface area contributed by atoms with E-state index < -0.39 is 0 Å². The highest BCUT2D eigenvalue weighted by atomic mass is 16.5. The third-order valence-electron chi connectivity index (χ3n) is 3.79. The normalized spacial score (nSPS) is 17.2. The molecule has 7 nitrogen and oxygen atoms in total. The molecule has 1 saturated heterocycles. The molecular formula is C16H21N5O2. The van der Waals surface area contributed by atoms with Crippen LogP contribution in [0.3, 0.4) is 0 Å². The fourth-order valence-corrected chi connectivity index (χ4v) is 2.65. The third kappa shape index (κ3) is 4.29. The fourth-order valence-electron chi connectivity index (χ4n) is 2.65. The van der Waals surface area contributed by atoms with Crippen molar-refractivity contribution >= 4 is 11.7 Å². The van der Waals surface area contributed by atoms with Crippen LogP contribution in [-0.4, -0.2) is 45.0 Å². The summed E-state index contributed by atoms with van der Waals surface area (Å²) in [6.07, 6.45) is 9.05. The number of carbonyl (C=O) groups is 1. The first kappa shape index (κ1) is 15.5. The molecule has 3 rings (SSSR count). The van der Waals surface area contributed by atoms with Crippen molar-refractivity contribution in [3.63, 3.8) is 0 Å². The van der Waals surface area contributed by atoms with E-state index in [0.29, 0.717) is 18.8 Å². The molecule has 0 saturated carbocycles. The molecule has 7 heteroatoms. The van der Waals surface area contributed by atoms with Crippen LogP contribution in [0.15, 0.2) is 36.9 Å². The summed E-state index contributed by atoms with van der Waals surface area (Å²) in [5, 5.41) is 6.95. The monoisotopic (exact) mass is 315 g/mol. The smallest absolute Gasteiger partial charge is 0.322 e. The van der Waals surface area contributed by atoms with Gasteiger partial charge in [0, 0.05) is 45.3 Å². The predicted molar refractivity (Wildman–Crippen MR) is 85.8 cm³/mol. The average molecular weight is 315 g/mol. The summed E-state index contributed by atoms with van der Waals surface area (Å²) >= 11 is 0. The van der Waals surface area contributed by atoms with Gasteiger partial charge < -0.3 is 15.0 Å². The van der Waals surface area contributed by atoms with E-state index in [9.17, 15) is 4.79 Å². The Morgan fingerprint density at radius 1 is 1.52 bits per heavy atom. The van der Waals surface area contributed by atoms with Crippen LogP contribution < -0.4 is 5.32 Å². The molecule has 0 aliphatic carbocycles. The zero-order valence-corrected chi connectivity index (χ0v) is 13.2. The number of nitrogens with zero attached hydrogens (tertiary/aromatic N) is 4. The van der Waals surface area contributed by atoms with E-state index in [1.807, 2.05) is 19.2 Å². The van der Waals surface area contributed by atoms with Crippen molar-refractivity contribution in [1.82, 2.24) is 19.7 Å². The molecule has 2 aromatic rings. The zero-order chi connectivity index (χ0) is 16.1. The lowest BCUT2D eigenvalue weighted by Gasteiger charge is -2.25. The molecular weight excluding hydrogens is 294 g/mol. The molecule has 23 heavy (non-hydrogen) atoms. The maximum Gasteiger partial charge on any atom is 0.322 e. The van der Waals surface area contributed by atoms with Crippen LogP contribution in [-0.2, 0) is 18.3 Å². The van der Waals surface area contributed by atoms with Gasteiger partial charge in [-0.05, 0) is 24.5 Å². The second-order valence-electron chi connectivity index (χ2n) is 5.71. The first-order valence-electron chi connectivity index (χ1n) is 7.76. The van der Waals surface area contributed by atoms with E-state index in [4.69, 9.17) is 4.74 Å². The first-order chi connectivity index (χ1) is 11.2. The number of ether oxygens (including phenoxy) is 1. The van der Waals surface area contributed by atoms with Gasteiger partial charge in [-0.3, -0.25) is 9.67 Å². The predicted octanol–water partition coefficient (Wildman–Crippen LogP) is 2.03. The lowest BCUT2D eigenvalue weighted by atomic mass is 10.2. The van der Waals surface area contributed by atoms with Crippen molar-refractivity contribution in [3.05, 3.63) is 42.5 Å². The topological polar surface area (TPSA) is 72.3 Å². The van der Waals surface area contributed by atoms with Crippen LogP contribution in [0.1, 0.15) is 18.4 Å². The number of aryl methyl sites for hydroxylation is 1. The van der Waals surface area contributed by atoms with Gasteiger partial charge in [0.2, 0.25) is 0 Å². The van der Waals surface area contributed by atoms with Gasteiger partial charge in [0.25, 0.3) is 0 Å². The van der Waals surface area contributed by atoms with E-state index in [0.717, 1.165) is 25.0 Å². The third-order valence-corrected chi connectivity index (χ3v) is 3.79. The second kappa shape index (κ2) is 7.23. The summed E-state index contributed by atoms with van der Waals surface area (Å²) in [6, 6.07) is 3.68. The molecule has 1 aliphatic heterocycles. The summed E-state index contributed by atoms with van der Waals surface area (Å²) in [6.45, 7) is 1.84. The minimum Gasteiger partial charge on any atom is -0.376 e. The van der Waals surface area contributed by atoms with E-state index in [1.54, 1.807) is 34.4 Å². The van der Waals surface area contributed by atoms with Crippen molar-refractivity contribution in [1.29, 1.82) is 0 Å². The van der Waals surface area contributed by atoms with Crippen LogP contribution >= 0.6 is 0 Å². The Hall–Kier alpha value is -2.41.